The van der Waals surface area contributed by atoms with Gasteiger partial charge in [-0.05, 0) is 25.7 Å². The van der Waals surface area contributed by atoms with E-state index in [1.807, 2.05) is 19.3 Å². The SMILES string of the molecule is C[C@@H](C1CC1)n1cc(-c2cc(N3CCS(O)(O)CC3)n(C)n2)c2[nH]nc(N)c2c1=O. The number of H-pyrrole nitrogens is 1. The molecule has 3 aromatic heterocycles. The maximum absolute atomic E-state index is 13.1. The molecular weight excluding hydrogens is 406 g/mol. The van der Waals surface area contributed by atoms with Gasteiger partial charge in [0.15, 0.2) is 5.82 Å². The lowest BCUT2D eigenvalue weighted by atomic mass is 10.1. The average molecular weight is 434 g/mol. The number of nitrogens with one attached hydrogen (secondary N) is 1. The van der Waals surface area contributed by atoms with E-state index >= 15 is 0 Å². The van der Waals surface area contributed by atoms with Crippen LogP contribution in [0.5, 0.6) is 0 Å². The molecule has 2 aliphatic rings. The van der Waals surface area contributed by atoms with Gasteiger partial charge in [0.2, 0.25) is 0 Å². The van der Waals surface area contributed by atoms with E-state index in [9.17, 15) is 13.9 Å². The Morgan fingerprint density at radius 2 is 2.00 bits per heavy atom. The summed E-state index contributed by atoms with van der Waals surface area (Å²) in [5.41, 5.74) is 7.99. The minimum absolute atomic E-state index is 0.0884. The number of anilines is 2. The Morgan fingerprint density at radius 3 is 2.67 bits per heavy atom. The summed E-state index contributed by atoms with van der Waals surface area (Å²) in [5, 5.41) is 12.1. The van der Waals surface area contributed by atoms with Crippen LogP contribution < -0.4 is 16.2 Å². The molecule has 3 aromatic rings. The largest absolute Gasteiger partial charge is 0.382 e. The maximum Gasteiger partial charge on any atom is 0.264 e. The van der Waals surface area contributed by atoms with E-state index in [1.54, 1.807) is 9.25 Å². The van der Waals surface area contributed by atoms with Crippen molar-refractivity contribution in [3.05, 3.63) is 22.6 Å². The molecule has 5 N–H and O–H groups in total. The van der Waals surface area contributed by atoms with Gasteiger partial charge < -0.3 is 15.2 Å². The second kappa shape index (κ2) is 6.76. The normalized spacial score (nSPS) is 21.1. The van der Waals surface area contributed by atoms with Crippen LogP contribution in [0, 0.1) is 5.92 Å². The molecule has 0 amide bonds. The molecule has 0 radical (unpaired) electrons. The predicted molar refractivity (Wildman–Crippen MR) is 119 cm³/mol. The van der Waals surface area contributed by atoms with Gasteiger partial charge in [0, 0.05) is 44.0 Å². The quantitative estimate of drug-likeness (QED) is 0.495. The molecule has 0 aromatic carbocycles. The van der Waals surface area contributed by atoms with Crippen molar-refractivity contribution < 1.29 is 9.11 Å². The van der Waals surface area contributed by atoms with Gasteiger partial charge in [-0.25, -0.2) is 0 Å². The molecule has 0 unspecified atom stereocenters. The molecule has 1 saturated heterocycles. The molecule has 1 aliphatic heterocycles. The van der Waals surface area contributed by atoms with Crippen LogP contribution in [-0.4, -0.2) is 58.2 Å². The number of aromatic nitrogens is 5. The number of hydrogen-bond acceptors (Lipinski definition) is 7. The van der Waals surface area contributed by atoms with E-state index in [0.717, 1.165) is 29.9 Å². The number of pyridine rings is 1. The van der Waals surface area contributed by atoms with Crippen molar-refractivity contribution in [3.8, 4) is 11.3 Å². The lowest BCUT2D eigenvalue weighted by Crippen LogP contribution is -2.39. The van der Waals surface area contributed by atoms with Gasteiger partial charge in [-0.1, -0.05) is 0 Å². The summed E-state index contributed by atoms with van der Waals surface area (Å²) in [6.07, 6.45) is 4.12. The zero-order chi connectivity index (χ0) is 21.2. The van der Waals surface area contributed by atoms with Crippen LogP contribution in [0.2, 0.25) is 0 Å². The second-order valence-corrected chi connectivity index (χ2v) is 10.8. The minimum atomic E-state index is -2.47. The molecule has 30 heavy (non-hydrogen) atoms. The Bertz CT molecular complexity index is 1170. The van der Waals surface area contributed by atoms with Crippen molar-refractivity contribution in [2.45, 2.75) is 25.8 Å². The molecule has 2 fully saturated rings. The monoisotopic (exact) mass is 433 g/mol. The van der Waals surface area contributed by atoms with Crippen LogP contribution in [0.4, 0.5) is 11.6 Å². The van der Waals surface area contributed by atoms with E-state index in [-0.39, 0.29) is 17.4 Å². The van der Waals surface area contributed by atoms with Gasteiger partial charge >= 0.3 is 0 Å². The fourth-order valence-electron chi connectivity index (χ4n) is 4.30. The number of aromatic amines is 1. The maximum atomic E-state index is 13.1. The van der Waals surface area contributed by atoms with Gasteiger partial charge in [-0.15, -0.1) is 0 Å². The van der Waals surface area contributed by atoms with E-state index in [2.05, 4.69) is 22.0 Å². The molecule has 1 saturated carbocycles. The van der Waals surface area contributed by atoms with Gasteiger partial charge in [0.1, 0.15) is 11.2 Å². The van der Waals surface area contributed by atoms with Gasteiger partial charge in [0.05, 0.1) is 22.7 Å². The summed E-state index contributed by atoms with van der Waals surface area (Å²) in [5.74, 6) is 2.32. The first kappa shape index (κ1) is 19.5. The molecule has 0 bridgehead atoms. The number of hydrogen-bond donors (Lipinski definition) is 4. The lowest BCUT2D eigenvalue weighted by Gasteiger charge is -2.41. The van der Waals surface area contributed by atoms with Crippen molar-refractivity contribution in [2.24, 2.45) is 13.0 Å². The molecule has 11 heteroatoms. The van der Waals surface area contributed by atoms with Crippen LogP contribution in [0.3, 0.4) is 0 Å². The second-order valence-electron chi connectivity index (χ2n) is 8.40. The third kappa shape index (κ3) is 3.17. The fourth-order valence-corrected chi connectivity index (χ4v) is 5.53. The third-order valence-corrected chi connectivity index (χ3v) is 8.03. The van der Waals surface area contributed by atoms with Crippen LogP contribution in [0.15, 0.2) is 17.1 Å². The number of nitrogen functional groups attached to an aromatic ring is 1. The number of nitrogens with two attached hydrogens (primary N) is 1. The lowest BCUT2D eigenvalue weighted by molar-refractivity contribution is 0.474. The summed E-state index contributed by atoms with van der Waals surface area (Å²) in [6.45, 7) is 3.19. The molecule has 4 heterocycles. The highest BCUT2D eigenvalue weighted by molar-refractivity contribution is 8.24. The standard InChI is InChI=1S/C19H27N7O3S/c1-11(12-3-4-12)26-10-13(17-16(19(26)27)18(20)22-21-17)14-9-15(24(2)23-14)25-5-7-30(28,29)8-6-25/h9-12,28-29H,3-8H2,1-2H3,(H3,20,21,22)/t11-/m0/s1. The Kier molecular flexibility index (Phi) is 4.38. The molecule has 0 spiro atoms. The van der Waals surface area contributed by atoms with Gasteiger partial charge in [-0.3, -0.25) is 23.7 Å². The Morgan fingerprint density at radius 1 is 1.30 bits per heavy atom. The van der Waals surface area contributed by atoms with E-state index in [0.29, 0.717) is 41.4 Å². The number of fused-ring (bicyclic) bond motifs is 1. The number of rotatable bonds is 4. The first-order valence-electron chi connectivity index (χ1n) is 10.2. The van der Waals surface area contributed by atoms with E-state index in [4.69, 9.17) is 10.8 Å². The van der Waals surface area contributed by atoms with Crippen molar-refractivity contribution in [1.29, 1.82) is 0 Å². The zero-order valence-electron chi connectivity index (χ0n) is 17.1. The van der Waals surface area contributed by atoms with Crippen LogP contribution >= 0.6 is 10.6 Å². The van der Waals surface area contributed by atoms with Gasteiger partial charge in [0.25, 0.3) is 5.56 Å². The van der Waals surface area contributed by atoms with E-state index < -0.39 is 10.6 Å². The van der Waals surface area contributed by atoms with Crippen molar-refractivity contribution in [3.63, 3.8) is 0 Å². The topological polar surface area (TPSA) is 138 Å². The summed E-state index contributed by atoms with van der Waals surface area (Å²) in [7, 11) is -0.599. The first-order valence-corrected chi connectivity index (χ1v) is 12.1. The molecular formula is C19H27N7O3S. The number of nitrogens with zero attached hydrogens (tertiary/aromatic N) is 5. The highest BCUT2D eigenvalue weighted by atomic mass is 32.3. The highest BCUT2D eigenvalue weighted by Crippen LogP contribution is 2.42. The van der Waals surface area contributed by atoms with E-state index in [1.165, 1.54) is 0 Å². The highest BCUT2D eigenvalue weighted by Gasteiger charge is 2.31. The third-order valence-electron chi connectivity index (χ3n) is 6.35. The predicted octanol–water partition coefficient (Wildman–Crippen LogP) is 2.25. The summed E-state index contributed by atoms with van der Waals surface area (Å²) in [4.78, 5) is 15.2. The molecule has 10 nitrogen and oxygen atoms in total. The van der Waals surface area contributed by atoms with Crippen LogP contribution in [0.25, 0.3) is 22.2 Å². The number of aryl methyl sites for hydroxylation is 1. The molecule has 1 atom stereocenters. The van der Waals surface area contributed by atoms with Crippen LogP contribution in [0.1, 0.15) is 25.8 Å². The average Bonchev–Trinajstić information content (AvgIpc) is 3.38. The Balaban J connectivity index is 1.60. The minimum Gasteiger partial charge on any atom is -0.382 e. The van der Waals surface area contributed by atoms with Crippen LogP contribution in [-0.2, 0) is 7.05 Å². The summed E-state index contributed by atoms with van der Waals surface area (Å²) in [6, 6.07) is 2.06. The fraction of sp³-hybridized carbons (Fsp3) is 0.526. The summed E-state index contributed by atoms with van der Waals surface area (Å²) >= 11 is 0. The van der Waals surface area contributed by atoms with Gasteiger partial charge in [-0.2, -0.15) is 20.8 Å². The summed E-state index contributed by atoms with van der Waals surface area (Å²) < 4.78 is 23.4. The van der Waals surface area contributed by atoms with Crippen molar-refractivity contribution in [1.82, 2.24) is 24.5 Å². The molecule has 5 rings (SSSR count). The smallest absolute Gasteiger partial charge is 0.264 e. The molecule has 162 valence electrons. The Hall–Kier alpha value is -2.50. The van der Waals surface area contributed by atoms with Crippen molar-refractivity contribution >= 4 is 33.1 Å². The molecule has 1 aliphatic carbocycles. The Labute approximate surface area is 175 Å². The first-order chi connectivity index (χ1) is 14.2. The van der Waals surface area contributed by atoms with Crippen molar-refractivity contribution in [2.75, 3.05) is 35.2 Å². The zero-order valence-corrected chi connectivity index (χ0v) is 17.9.